The number of carbonyl (C=O) groups excluding carboxylic acids is 1. The van der Waals surface area contributed by atoms with Gasteiger partial charge >= 0.3 is 12.1 Å². The van der Waals surface area contributed by atoms with Crippen LogP contribution in [0.2, 0.25) is 0 Å². The van der Waals surface area contributed by atoms with Gasteiger partial charge in [-0.1, -0.05) is 30.3 Å². The molecule has 0 aliphatic heterocycles. The van der Waals surface area contributed by atoms with Crippen molar-refractivity contribution < 1.29 is 29.6 Å². The molecule has 0 aromatic heterocycles. The molecule has 7 nitrogen and oxygen atoms in total. The lowest BCUT2D eigenvalue weighted by atomic mass is 9.90. The van der Waals surface area contributed by atoms with Crippen molar-refractivity contribution in [1.82, 2.24) is 4.90 Å². The maximum atomic E-state index is 12.3. The van der Waals surface area contributed by atoms with Gasteiger partial charge in [0.1, 0.15) is 18.1 Å². The molecule has 0 saturated carbocycles. The number of aromatic hydroxyl groups is 2. The molecule has 0 fully saturated rings. The Bertz CT molecular complexity index is 756. The van der Waals surface area contributed by atoms with Gasteiger partial charge in [0.05, 0.1) is 0 Å². The summed E-state index contributed by atoms with van der Waals surface area (Å²) in [7, 11) is 1.28. The molecule has 0 spiro atoms. The molecule has 1 atom stereocenters. The van der Waals surface area contributed by atoms with Gasteiger partial charge in [-0.25, -0.2) is 9.59 Å². The van der Waals surface area contributed by atoms with E-state index in [4.69, 9.17) is 4.74 Å². The van der Waals surface area contributed by atoms with Crippen molar-refractivity contribution in [2.45, 2.75) is 19.1 Å². The predicted molar refractivity (Wildman–Crippen MR) is 89.1 cm³/mol. The topological polar surface area (TPSA) is 107 Å². The van der Waals surface area contributed by atoms with E-state index in [1.165, 1.54) is 26.1 Å². The average molecular weight is 345 g/mol. The number of hydrogen-bond acceptors (Lipinski definition) is 5. The maximum absolute atomic E-state index is 12.3. The second-order valence-electron chi connectivity index (χ2n) is 5.71. The van der Waals surface area contributed by atoms with Gasteiger partial charge in [-0.15, -0.1) is 0 Å². The molecule has 7 heteroatoms. The minimum absolute atomic E-state index is 0.00893. The molecule has 0 aliphatic rings. The molecule has 132 valence electrons. The van der Waals surface area contributed by atoms with Gasteiger partial charge in [-0.05, 0) is 30.2 Å². The molecule has 1 amide bonds. The Morgan fingerprint density at radius 1 is 1.08 bits per heavy atom. The first-order valence-corrected chi connectivity index (χ1v) is 7.46. The van der Waals surface area contributed by atoms with Crippen LogP contribution in [-0.2, 0) is 21.7 Å². The molecule has 1 unspecified atom stereocenters. The lowest BCUT2D eigenvalue weighted by molar-refractivity contribution is -0.149. The molecular weight excluding hydrogens is 326 g/mol. The largest absolute Gasteiger partial charge is 0.508 e. The van der Waals surface area contributed by atoms with E-state index in [0.717, 1.165) is 16.5 Å². The second-order valence-corrected chi connectivity index (χ2v) is 5.71. The van der Waals surface area contributed by atoms with Crippen LogP contribution in [0.5, 0.6) is 11.5 Å². The Balaban J connectivity index is 2.26. The van der Waals surface area contributed by atoms with Crippen LogP contribution in [0.15, 0.2) is 48.5 Å². The number of benzene rings is 2. The van der Waals surface area contributed by atoms with Crippen LogP contribution in [0.1, 0.15) is 18.1 Å². The lowest BCUT2D eigenvalue weighted by Gasteiger charge is -2.34. The summed E-state index contributed by atoms with van der Waals surface area (Å²) in [5.41, 5.74) is -1.04. The minimum Gasteiger partial charge on any atom is -0.508 e. The first-order chi connectivity index (χ1) is 11.7. The molecular formula is C18H19NO6. The number of ether oxygens (including phenoxy) is 1. The van der Waals surface area contributed by atoms with Crippen LogP contribution >= 0.6 is 0 Å². The van der Waals surface area contributed by atoms with E-state index < -0.39 is 17.6 Å². The monoisotopic (exact) mass is 345 g/mol. The second kappa shape index (κ2) is 7.12. The Morgan fingerprint density at radius 2 is 1.64 bits per heavy atom. The molecule has 0 heterocycles. The van der Waals surface area contributed by atoms with E-state index in [0.29, 0.717) is 0 Å². The number of carboxylic acid groups (broad SMARTS) is 1. The van der Waals surface area contributed by atoms with Crippen molar-refractivity contribution in [2.24, 2.45) is 0 Å². The number of nitrogens with zero attached hydrogens (tertiary/aromatic N) is 1. The van der Waals surface area contributed by atoms with Crippen molar-refractivity contribution in [3.8, 4) is 11.5 Å². The normalized spacial score (nSPS) is 12.9. The number of carbonyl (C=O) groups is 2. The summed E-state index contributed by atoms with van der Waals surface area (Å²) in [6, 6.07) is 12.4. The predicted octanol–water partition coefficient (Wildman–Crippen LogP) is 2.67. The van der Waals surface area contributed by atoms with E-state index >= 15 is 0 Å². The third-order valence-corrected chi connectivity index (χ3v) is 4.03. The first-order valence-electron chi connectivity index (χ1n) is 7.46. The van der Waals surface area contributed by atoms with E-state index in [1.54, 1.807) is 24.3 Å². The third-order valence-electron chi connectivity index (χ3n) is 4.03. The number of phenols is 2. The van der Waals surface area contributed by atoms with Crippen LogP contribution in [0.4, 0.5) is 4.79 Å². The summed E-state index contributed by atoms with van der Waals surface area (Å²) >= 11 is 0. The zero-order valence-electron chi connectivity index (χ0n) is 13.8. The summed E-state index contributed by atoms with van der Waals surface area (Å²) < 4.78 is 5.17. The van der Waals surface area contributed by atoms with E-state index in [1.807, 2.05) is 6.07 Å². The van der Waals surface area contributed by atoms with Crippen molar-refractivity contribution in [3.05, 3.63) is 59.7 Å². The van der Waals surface area contributed by atoms with Crippen molar-refractivity contribution in [2.75, 3.05) is 7.05 Å². The van der Waals surface area contributed by atoms with Gasteiger partial charge < -0.3 is 20.1 Å². The molecule has 0 saturated heterocycles. The summed E-state index contributed by atoms with van der Waals surface area (Å²) in [4.78, 5) is 25.1. The molecule has 2 aromatic rings. The molecule has 2 aromatic carbocycles. The van der Waals surface area contributed by atoms with Gasteiger partial charge in [0.25, 0.3) is 0 Å². The summed E-state index contributed by atoms with van der Waals surface area (Å²) in [5, 5.41) is 28.9. The van der Waals surface area contributed by atoms with E-state index in [-0.39, 0.29) is 23.7 Å². The average Bonchev–Trinajstić information content (AvgIpc) is 2.58. The lowest BCUT2D eigenvalue weighted by Crippen LogP contribution is -2.50. The van der Waals surface area contributed by atoms with Crippen molar-refractivity contribution in [3.63, 3.8) is 0 Å². The third kappa shape index (κ3) is 3.82. The van der Waals surface area contributed by atoms with Crippen LogP contribution in [0, 0.1) is 0 Å². The fraction of sp³-hybridized carbons (Fsp3) is 0.222. The number of carboxylic acids is 1. The van der Waals surface area contributed by atoms with E-state index in [2.05, 4.69) is 0 Å². The number of aliphatic carboxylic acids is 1. The van der Waals surface area contributed by atoms with Gasteiger partial charge in [-0.3, -0.25) is 4.90 Å². The number of likely N-dealkylation sites (N-methyl/N-ethyl adjacent to an activating group) is 1. The summed E-state index contributed by atoms with van der Waals surface area (Å²) in [6.45, 7) is 1.28. The highest BCUT2D eigenvalue weighted by Crippen LogP contribution is 2.33. The van der Waals surface area contributed by atoms with Crippen molar-refractivity contribution in [1.29, 1.82) is 0 Å². The highest BCUT2D eigenvalue weighted by Gasteiger charge is 2.43. The fourth-order valence-corrected chi connectivity index (χ4v) is 2.34. The number of phenolic OH excluding ortho intramolecular Hbond substituents is 2. The Hall–Kier alpha value is -3.22. The molecule has 0 aliphatic carbocycles. The number of amides is 1. The molecule has 25 heavy (non-hydrogen) atoms. The summed E-state index contributed by atoms with van der Waals surface area (Å²) in [5.74, 6) is -1.96. The highest BCUT2D eigenvalue weighted by atomic mass is 16.6. The molecule has 2 rings (SSSR count). The number of hydrogen-bond donors (Lipinski definition) is 3. The van der Waals surface area contributed by atoms with E-state index in [9.17, 15) is 24.9 Å². The zero-order chi connectivity index (χ0) is 18.6. The van der Waals surface area contributed by atoms with Crippen LogP contribution in [-0.4, -0.2) is 39.3 Å². The maximum Gasteiger partial charge on any atom is 0.411 e. The van der Waals surface area contributed by atoms with Gasteiger partial charge in [-0.2, -0.15) is 0 Å². The smallest absolute Gasteiger partial charge is 0.411 e. The first kappa shape index (κ1) is 18.1. The molecule has 3 N–H and O–H groups in total. The van der Waals surface area contributed by atoms with Gasteiger partial charge in [0.2, 0.25) is 0 Å². The Morgan fingerprint density at radius 3 is 2.16 bits per heavy atom. The SMILES string of the molecule is CN(C(=O)OCc1ccccc1)C(C)(C(=O)O)c1cc(O)cc(O)c1. The van der Waals surface area contributed by atoms with Crippen LogP contribution in [0.25, 0.3) is 0 Å². The fourth-order valence-electron chi connectivity index (χ4n) is 2.34. The number of rotatable bonds is 5. The summed E-state index contributed by atoms with van der Waals surface area (Å²) in [6.07, 6.45) is -0.850. The Labute approximate surface area is 144 Å². The van der Waals surface area contributed by atoms with Crippen LogP contribution in [0.3, 0.4) is 0 Å². The Kier molecular flexibility index (Phi) is 5.17. The van der Waals surface area contributed by atoms with Gasteiger partial charge in [0, 0.05) is 13.1 Å². The van der Waals surface area contributed by atoms with Crippen molar-refractivity contribution >= 4 is 12.1 Å². The minimum atomic E-state index is -1.84. The quantitative estimate of drug-likeness (QED) is 0.769. The highest BCUT2D eigenvalue weighted by molar-refractivity contribution is 5.85. The standard InChI is InChI=1S/C18H19NO6/c1-18(16(22)23,13-8-14(20)10-15(21)9-13)19(2)17(24)25-11-12-6-4-3-5-7-12/h3-10,20-21H,11H2,1-2H3,(H,22,23). The van der Waals surface area contributed by atoms with Crippen LogP contribution < -0.4 is 0 Å². The zero-order valence-corrected chi connectivity index (χ0v) is 13.8. The molecule has 0 bridgehead atoms. The molecule has 0 radical (unpaired) electrons. The van der Waals surface area contributed by atoms with Gasteiger partial charge in [0.15, 0.2) is 5.54 Å².